The fourth-order valence-electron chi connectivity index (χ4n) is 2.65. The molecule has 2 aromatic rings. The SMILES string of the molecule is CCC(CC)n1ccc(COc2c(C)cc(C)cc2N)n1. The summed E-state index contributed by atoms with van der Waals surface area (Å²) in [6, 6.07) is 6.49. The molecular weight excluding hydrogens is 262 g/mol. The molecule has 0 spiro atoms. The van der Waals surface area contributed by atoms with Gasteiger partial charge in [-0.3, -0.25) is 4.68 Å². The number of anilines is 1. The van der Waals surface area contributed by atoms with Crippen LogP contribution in [0.2, 0.25) is 0 Å². The Morgan fingerprint density at radius 1 is 1.24 bits per heavy atom. The number of nitrogen functional groups attached to an aromatic ring is 1. The lowest BCUT2D eigenvalue weighted by molar-refractivity contribution is 0.297. The van der Waals surface area contributed by atoms with Crippen molar-refractivity contribution in [2.24, 2.45) is 0 Å². The Labute approximate surface area is 126 Å². The molecular formula is C17H25N3O. The van der Waals surface area contributed by atoms with Crippen molar-refractivity contribution in [3.8, 4) is 5.75 Å². The lowest BCUT2D eigenvalue weighted by atomic mass is 10.1. The van der Waals surface area contributed by atoms with Crippen LogP contribution in [0.25, 0.3) is 0 Å². The summed E-state index contributed by atoms with van der Waals surface area (Å²) in [5.74, 6) is 0.762. The number of ether oxygens (including phenoxy) is 1. The molecule has 0 atom stereocenters. The first-order valence-electron chi connectivity index (χ1n) is 7.58. The molecule has 0 aliphatic carbocycles. The highest BCUT2D eigenvalue weighted by Gasteiger charge is 2.10. The molecule has 4 heteroatoms. The summed E-state index contributed by atoms with van der Waals surface area (Å²) in [5, 5.41) is 4.60. The molecule has 21 heavy (non-hydrogen) atoms. The van der Waals surface area contributed by atoms with Crippen LogP contribution in [0.3, 0.4) is 0 Å². The first-order chi connectivity index (χ1) is 10.0. The van der Waals surface area contributed by atoms with Gasteiger partial charge < -0.3 is 10.5 Å². The van der Waals surface area contributed by atoms with Crippen molar-refractivity contribution < 1.29 is 4.74 Å². The van der Waals surface area contributed by atoms with Crippen LogP contribution in [0.15, 0.2) is 24.4 Å². The minimum atomic E-state index is 0.446. The van der Waals surface area contributed by atoms with E-state index in [1.807, 2.05) is 36.9 Å². The van der Waals surface area contributed by atoms with E-state index in [-0.39, 0.29) is 0 Å². The highest BCUT2D eigenvalue weighted by molar-refractivity contribution is 5.58. The third kappa shape index (κ3) is 3.57. The summed E-state index contributed by atoms with van der Waals surface area (Å²) in [5.41, 5.74) is 9.86. The Hall–Kier alpha value is -1.97. The third-order valence-electron chi connectivity index (χ3n) is 3.79. The standard InChI is InChI=1S/C17H25N3O/c1-5-15(6-2)20-8-7-14(19-20)11-21-17-13(4)9-12(3)10-16(17)18/h7-10,15H,5-6,11,18H2,1-4H3. The van der Waals surface area contributed by atoms with Crippen molar-refractivity contribution in [1.82, 2.24) is 9.78 Å². The van der Waals surface area contributed by atoms with Gasteiger partial charge in [0.15, 0.2) is 0 Å². The van der Waals surface area contributed by atoms with E-state index in [1.165, 1.54) is 0 Å². The number of nitrogens with zero attached hydrogens (tertiary/aromatic N) is 2. The zero-order valence-electron chi connectivity index (χ0n) is 13.4. The molecule has 0 fully saturated rings. The van der Waals surface area contributed by atoms with E-state index in [9.17, 15) is 0 Å². The number of benzene rings is 1. The highest BCUT2D eigenvalue weighted by Crippen LogP contribution is 2.28. The van der Waals surface area contributed by atoms with E-state index < -0.39 is 0 Å². The number of hydrogen-bond acceptors (Lipinski definition) is 3. The highest BCUT2D eigenvalue weighted by atomic mass is 16.5. The van der Waals surface area contributed by atoms with Crippen molar-refractivity contribution in [2.75, 3.05) is 5.73 Å². The average Bonchev–Trinajstić information content (AvgIpc) is 2.87. The molecule has 2 rings (SSSR count). The lowest BCUT2D eigenvalue weighted by Gasteiger charge is -2.13. The maximum atomic E-state index is 6.03. The molecule has 0 saturated carbocycles. The number of aryl methyl sites for hydroxylation is 2. The fourth-order valence-corrected chi connectivity index (χ4v) is 2.65. The lowest BCUT2D eigenvalue weighted by Crippen LogP contribution is -2.08. The zero-order chi connectivity index (χ0) is 15.4. The van der Waals surface area contributed by atoms with Crippen LogP contribution in [0.4, 0.5) is 5.69 Å². The molecule has 0 saturated heterocycles. The van der Waals surface area contributed by atoms with Gasteiger partial charge in [-0.1, -0.05) is 19.9 Å². The van der Waals surface area contributed by atoms with Crippen LogP contribution in [0.5, 0.6) is 5.75 Å². The van der Waals surface area contributed by atoms with Gasteiger partial charge in [0.2, 0.25) is 0 Å². The van der Waals surface area contributed by atoms with Crippen LogP contribution in [0.1, 0.15) is 49.6 Å². The maximum absolute atomic E-state index is 6.03. The van der Waals surface area contributed by atoms with E-state index in [1.54, 1.807) is 0 Å². The Bertz CT molecular complexity index is 577. The second-order valence-electron chi connectivity index (χ2n) is 5.55. The number of aromatic nitrogens is 2. The molecule has 0 aliphatic rings. The van der Waals surface area contributed by atoms with Crippen molar-refractivity contribution in [3.63, 3.8) is 0 Å². The first kappa shape index (κ1) is 15.4. The summed E-state index contributed by atoms with van der Waals surface area (Å²) in [4.78, 5) is 0. The van der Waals surface area contributed by atoms with E-state index in [4.69, 9.17) is 10.5 Å². The van der Waals surface area contributed by atoms with Crippen LogP contribution in [-0.2, 0) is 6.61 Å². The van der Waals surface area contributed by atoms with Gasteiger partial charge in [-0.05, 0) is 49.9 Å². The summed E-state index contributed by atoms with van der Waals surface area (Å²) in [6.07, 6.45) is 4.20. The van der Waals surface area contributed by atoms with Gasteiger partial charge in [-0.2, -0.15) is 5.10 Å². The maximum Gasteiger partial charge on any atom is 0.145 e. The number of rotatable bonds is 6. The van der Waals surface area contributed by atoms with Crippen molar-refractivity contribution in [2.45, 2.75) is 53.2 Å². The van der Waals surface area contributed by atoms with Crippen molar-refractivity contribution >= 4 is 5.69 Å². The van der Waals surface area contributed by atoms with Gasteiger partial charge in [0.05, 0.1) is 17.4 Å². The normalized spacial score (nSPS) is 11.1. The predicted molar refractivity (Wildman–Crippen MR) is 86.5 cm³/mol. The van der Waals surface area contributed by atoms with Gasteiger partial charge in [0.25, 0.3) is 0 Å². The van der Waals surface area contributed by atoms with E-state index in [0.717, 1.165) is 35.4 Å². The Kier molecular flexibility index (Phi) is 4.89. The topological polar surface area (TPSA) is 53.1 Å². The van der Waals surface area contributed by atoms with Gasteiger partial charge >= 0.3 is 0 Å². The summed E-state index contributed by atoms with van der Waals surface area (Å²) < 4.78 is 7.90. The molecule has 1 heterocycles. The molecule has 2 N–H and O–H groups in total. The second-order valence-corrected chi connectivity index (χ2v) is 5.55. The quantitative estimate of drug-likeness (QED) is 0.816. The molecule has 0 bridgehead atoms. The minimum Gasteiger partial charge on any atom is -0.485 e. The van der Waals surface area contributed by atoms with Gasteiger partial charge in [0.1, 0.15) is 12.4 Å². The van der Waals surface area contributed by atoms with Crippen LogP contribution < -0.4 is 10.5 Å². The van der Waals surface area contributed by atoms with Gasteiger partial charge in [-0.15, -0.1) is 0 Å². The first-order valence-corrected chi connectivity index (χ1v) is 7.58. The molecule has 1 aromatic heterocycles. The van der Waals surface area contributed by atoms with Crippen molar-refractivity contribution in [3.05, 3.63) is 41.2 Å². The minimum absolute atomic E-state index is 0.446. The molecule has 1 aromatic carbocycles. The average molecular weight is 287 g/mol. The van der Waals surface area contributed by atoms with Crippen LogP contribution in [-0.4, -0.2) is 9.78 Å². The largest absolute Gasteiger partial charge is 0.485 e. The summed E-state index contributed by atoms with van der Waals surface area (Å²) in [6.45, 7) is 8.86. The molecule has 0 radical (unpaired) electrons. The molecule has 0 aliphatic heterocycles. The molecule has 0 amide bonds. The fraction of sp³-hybridized carbons (Fsp3) is 0.471. The van der Waals surface area contributed by atoms with Gasteiger partial charge in [-0.25, -0.2) is 0 Å². The molecule has 114 valence electrons. The molecule has 4 nitrogen and oxygen atoms in total. The Morgan fingerprint density at radius 3 is 2.57 bits per heavy atom. The predicted octanol–water partition coefficient (Wildman–Crippen LogP) is 4.02. The number of hydrogen-bond donors (Lipinski definition) is 1. The van der Waals surface area contributed by atoms with Crippen molar-refractivity contribution in [1.29, 1.82) is 0 Å². The monoisotopic (exact) mass is 287 g/mol. The Balaban J connectivity index is 2.07. The van der Waals surface area contributed by atoms with Crippen LogP contribution >= 0.6 is 0 Å². The zero-order valence-corrected chi connectivity index (χ0v) is 13.4. The van der Waals surface area contributed by atoms with E-state index >= 15 is 0 Å². The van der Waals surface area contributed by atoms with Crippen LogP contribution in [0, 0.1) is 13.8 Å². The third-order valence-corrected chi connectivity index (χ3v) is 3.79. The smallest absolute Gasteiger partial charge is 0.145 e. The summed E-state index contributed by atoms with van der Waals surface area (Å²) in [7, 11) is 0. The Morgan fingerprint density at radius 2 is 1.95 bits per heavy atom. The molecule has 0 unspecified atom stereocenters. The van der Waals surface area contributed by atoms with E-state index in [0.29, 0.717) is 18.3 Å². The number of nitrogens with two attached hydrogens (primary N) is 1. The summed E-state index contributed by atoms with van der Waals surface area (Å²) >= 11 is 0. The van der Waals surface area contributed by atoms with E-state index in [2.05, 4.69) is 25.0 Å². The second kappa shape index (κ2) is 6.66. The van der Waals surface area contributed by atoms with Gasteiger partial charge in [0, 0.05) is 6.20 Å².